The third kappa shape index (κ3) is 3.71. The molecule has 0 radical (unpaired) electrons. The molecule has 0 spiro atoms. The average molecular weight is 365 g/mol. The number of hydrogen-bond donors (Lipinski definition) is 1. The van der Waals surface area contributed by atoms with Crippen molar-refractivity contribution < 1.29 is 26.9 Å². The van der Waals surface area contributed by atoms with E-state index in [0.29, 0.717) is 11.6 Å². The second-order valence-electron chi connectivity index (χ2n) is 5.25. The molecule has 0 saturated heterocycles. The van der Waals surface area contributed by atoms with E-state index in [0.717, 1.165) is 6.07 Å². The van der Waals surface area contributed by atoms with Gasteiger partial charge < -0.3 is 9.84 Å². The second-order valence-corrected chi connectivity index (χ2v) is 5.25. The molecule has 2 aromatic carbocycles. The maximum absolute atomic E-state index is 13.5. The van der Waals surface area contributed by atoms with Gasteiger partial charge >= 0.3 is 0 Å². The molecule has 0 aliphatic rings. The van der Waals surface area contributed by atoms with Crippen LogP contribution in [0.3, 0.4) is 0 Å². The molecule has 0 fully saturated rings. The van der Waals surface area contributed by atoms with E-state index in [-0.39, 0.29) is 24.7 Å². The van der Waals surface area contributed by atoms with Crippen molar-refractivity contribution in [3.63, 3.8) is 0 Å². The molecule has 1 heterocycles. The molecule has 3 rings (SSSR count). The molecule has 0 unspecified atom stereocenters. The first-order valence-corrected chi connectivity index (χ1v) is 7.46. The fourth-order valence-electron chi connectivity index (χ4n) is 2.15. The van der Waals surface area contributed by atoms with E-state index in [1.165, 1.54) is 24.3 Å². The van der Waals surface area contributed by atoms with Crippen LogP contribution in [0.4, 0.5) is 17.6 Å². The lowest BCUT2D eigenvalue weighted by molar-refractivity contribution is 0.0948. The number of benzene rings is 2. The SMILES string of the molecule is O=C(NCCc1nc(-c2ccc(F)cc2)no1)c1ccc(F)c(F)c1F. The van der Waals surface area contributed by atoms with Gasteiger partial charge in [-0.05, 0) is 36.4 Å². The highest BCUT2D eigenvalue weighted by Gasteiger charge is 2.18. The topological polar surface area (TPSA) is 68.0 Å². The van der Waals surface area contributed by atoms with Crippen LogP contribution < -0.4 is 5.32 Å². The molecular formula is C17H11F4N3O2. The maximum Gasteiger partial charge on any atom is 0.254 e. The van der Waals surface area contributed by atoms with Crippen molar-refractivity contribution in [1.29, 1.82) is 0 Å². The highest BCUT2D eigenvalue weighted by Crippen LogP contribution is 2.17. The zero-order chi connectivity index (χ0) is 18.7. The Morgan fingerprint density at radius 3 is 2.46 bits per heavy atom. The largest absolute Gasteiger partial charge is 0.351 e. The van der Waals surface area contributed by atoms with Crippen LogP contribution in [-0.2, 0) is 6.42 Å². The van der Waals surface area contributed by atoms with E-state index < -0.39 is 34.7 Å². The minimum Gasteiger partial charge on any atom is -0.351 e. The molecule has 9 heteroatoms. The van der Waals surface area contributed by atoms with Gasteiger partial charge in [-0.15, -0.1) is 0 Å². The molecule has 0 bridgehead atoms. The Labute approximate surface area is 144 Å². The number of nitrogens with one attached hydrogen (secondary N) is 1. The minimum absolute atomic E-state index is 0.00230. The summed E-state index contributed by atoms with van der Waals surface area (Å²) in [6.45, 7) is 0.00230. The van der Waals surface area contributed by atoms with E-state index in [9.17, 15) is 22.4 Å². The summed E-state index contributed by atoms with van der Waals surface area (Å²) in [7, 11) is 0. The Morgan fingerprint density at radius 2 is 1.73 bits per heavy atom. The van der Waals surface area contributed by atoms with Gasteiger partial charge in [-0.1, -0.05) is 5.16 Å². The zero-order valence-corrected chi connectivity index (χ0v) is 13.1. The van der Waals surface area contributed by atoms with Gasteiger partial charge in [0.1, 0.15) is 5.82 Å². The van der Waals surface area contributed by atoms with Gasteiger partial charge in [0.25, 0.3) is 5.91 Å². The Morgan fingerprint density at radius 1 is 1.00 bits per heavy atom. The highest BCUT2D eigenvalue weighted by atomic mass is 19.2. The van der Waals surface area contributed by atoms with Crippen molar-refractivity contribution >= 4 is 5.91 Å². The summed E-state index contributed by atoms with van der Waals surface area (Å²) in [5, 5.41) is 6.08. The Kier molecular flexibility index (Phi) is 4.97. The predicted octanol–water partition coefficient (Wildman–Crippen LogP) is 3.27. The first kappa shape index (κ1) is 17.6. The molecule has 1 aromatic heterocycles. The smallest absolute Gasteiger partial charge is 0.254 e. The molecule has 1 N–H and O–H groups in total. The van der Waals surface area contributed by atoms with Crippen LogP contribution in [0.2, 0.25) is 0 Å². The number of carbonyl (C=O) groups is 1. The summed E-state index contributed by atoms with van der Waals surface area (Å²) in [4.78, 5) is 15.9. The standard InChI is InChI=1S/C17H11F4N3O2/c18-10-3-1-9(2-4-10)16-23-13(26-24-16)7-8-22-17(25)11-5-6-12(19)15(21)14(11)20/h1-6H,7-8H2,(H,22,25). The van der Waals surface area contributed by atoms with Gasteiger partial charge in [0.2, 0.25) is 11.7 Å². The van der Waals surface area contributed by atoms with Gasteiger partial charge in [-0.2, -0.15) is 4.98 Å². The van der Waals surface area contributed by atoms with E-state index in [1.54, 1.807) is 0 Å². The minimum atomic E-state index is -1.71. The van der Waals surface area contributed by atoms with Gasteiger partial charge in [0, 0.05) is 18.5 Å². The van der Waals surface area contributed by atoms with E-state index in [2.05, 4.69) is 15.5 Å². The maximum atomic E-state index is 13.5. The lowest BCUT2D eigenvalue weighted by atomic mass is 10.2. The van der Waals surface area contributed by atoms with Crippen LogP contribution in [-0.4, -0.2) is 22.6 Å². The average Bonchev–Trinajstić information content (AvgIpc) is 3.09. The number of amides is 1. The molecule has 26 heavy (non-hydrogen) atoms. The molecule has 1 amide bonds. The molecule has 3 aromatic rings. The number of nitrogens with zero attached hydrogens (tertiary/aromatic N) is 2. The summed E-state index contributed by atoms with van der Waals surface area (Å²) in [5.74, 6) is -5.51. The number of carbonyl (C=O) groups excluding carboxylic acids is 1. The van der Waals surface area contributed by atoms with Crippen molar-refractivity contribution in [2.24, 2.45) is 0 Å². The fourth-order valence-corrected chi connectivity index (χ4v) is 2.15. The summed E-state index contributed by atoms with van der Waals surface area (Å²) in [6, 6.07) is 6.99. The highest BCUT2D eigenvalue weighted by molar-refractivity contribution is 5.94. The van der Waals surface area contributed by atoms with Crippen LogP contribution in [0.5, 0.6) is 0 Å². The fraction of sp³-hybridized carbons (Fsp3) is 0.118. The summed E-state index contributed by atoms with van der Waals surface area (Å²) in [5.41, 5.74) is -0.0595. The molecular weight excluding hydrogens is 354 g/mol. The van der Waals surface area contributed by atoms with E-state index in [4.69, 9.17) is 4.52 Å². The molecule has 0 saturated carbocycles. The van der Waals surface area contributed by atoms with Gasteiger partial charge in [0.15, 0.2) is 17.5 Å². The first-order chi connectivity index (χ1) is 12.5. The number of halogens is 4. The van der Waals surface area contributed by atoms with Crippen LogP contribution in [0.15, 0.2) is 40.9 Å². The van der Waals surface area contributed by atoms with E-state index in [1.807, 2.05) is 0 Å². The van der Waals surface area contributed by atoms with Crippen LogP contribution in [0.25, 0.3) is 11.4 Å². The van der Waals surface area contributed by atoms with Gasteiger partial charge in [0.05, 0.1) is 5.56 Å². The van der Waals surface area contributed by atoms with Gasteiger partial charge in [-0.25, -0.2) is 17.6 Å². The third-order valence-electron chi connectivity index (χ3n) is 3.47. The Hall–Kier alpha value is -3.23. The Balaban J connectivity index is 1.59. The van der Waals surface area contributed by atoms with Crippen molar-refractivity contribution in [3.05, 3.63) is 71.1 Å². The lowest BCUT2D eigenvalue weighted by Gasteiger charge is -2.05. The van der Waals surface area contributed by atoms with Crippen molar-refractivity contribution in [3.8, 4) is 11.4 Å². The summed E-state index contributed by atoms with van der Waals surface area (Å²) in [6.07, 6.45) is 0.130. The predicted molar refractivity (Wildman–Crippen MR) is 82.0 cm³/mol. The zero-order valence-electron chi connectivity index (χ0n) is 13.1. The van der Waals surface area contributed by atoms with E-state index >= 15 is 0 Å². The van der Waals surface area contributed by atoms with Crippen molar-refractivity contribution in [2.45, 2.75) is 6.42 Å². The van der Waals surface area contributed by atoms with Crippen LogP contribution in [0, 0.1) is 23.3 Å². The lowest BCUT2D eigenvalue weighted by Crippen LogP contribution is -2.27. The summed E-state index contributed by atoms with van der Waals surface area (Å²) >= 11 is 0. The molecule has 134 valence electrons. The number of hydrogen-bond acceptors (Lipinski definition) is 4. The monoisotopic (exact) mass is 365 g/mol. The van der Waals surface area contributed by atoms with Crippen molar-refractivity contribution in [1.82, 2.24) is 15.5 Å². The second kappa shape index (κ2) is 7.34. The Bertz CT molecular complexity index is 942. The quantitative estimate of drug-likeness (QED) is 0.557. The molecule has 0 atom stereocenters. The first-order valence-electron chi connectivity index (χ1n) is 7.46. The normalized spacial score (nSPS) is 10.8. The number of rotatable bonds is 5. The van der Waals surface area contributed by atoms with Crippen molar-refractivity contribution in [2.75, 3.05) is 6.54 Å². The van der Waals surface area contributed by atoms with Crippen LogP contribution >= 0.6 is 0 Å². The number of aromatic nitrogens is 2. The molecule has 0 aliphatic carbocycles. The van der Waals surface area contributed by atoms with Crippen LogP contribution in [0.1, 0.15) is 16.2 Å². The molecule has 0 aliphatic heterocycles. The summed E-state index contributed by atoms with van der Waals surface area (Å²) < 4.78 is 57.4. The third-order valence-corrected chi connectivity index (χ3v) is 3.47. The molecule has 5 nitrogen and oxygen atoms in total. The van der Waals surface area contributed by atoms with Gasteiger partial charge in [-0.3, -0.25) is 4.79 Å².